The second kappa shape index (κ2) is 8.20. The van der Waals surface area contributed by atoms with Crippen LogP contribution in [0.3, 0.4) is 0 Å². The Morgan fingerprint density at radius 1 is 0.818 bits per heavy atom. The fourth-order valence-electron chi connectivity index (χ4n) is 0.663. The number of rotatable bonds is 0. The van der Waals surface area contributed by atoms with Crippen LogP contribution in [0.2, 0.25) is 0 Å². The molecule has 60 valence electrons. The average Bonchev–Trinajstić information content (AvgIpc) is 1.77. The molecule has 0 saturated heterocycles. The largest absolute Gasteiger partial charge is 2.00 e. The van der Waals surface area contributed by atoms with E-state index in [4.69, 9.17) is 0 Å². The molecule has 0 nitrogen and oxygen atoms in total. The molecule has 0 amide bonds. The molecule has 0 N–H and O–H groups in total. The van der Waals surface area contributed by atoms with Crippen molar-refractivity contribution in [1.82, 2.24) is 0 Å². The smallest absolute Gasteiger partial charge is 0.358 e. The zero-order valence-electron chi connectivity index (χ0n) is 7.81. The molecule has 0 unspecified atom stereocenters. The average molecular weight is 227 g/mol. The minimum Gasteiger partial charge on any atom is -0.358 e. The SMILES string of the molecule is Cc1ccccc1C.[CH3-].[CH3-].[Zr+2]. The van der Waals surface area contributed by atoms with Crippen LogP contribution in [0.25, 0.3) is 0 Å². The van der Waals surface area contributed by atoms with Gasteiger partial charge in [-0.1, -0.05) is 24.3 Å². The van der Waals surface area contributed by atoms with E-state index in [9.17, 15) is 0 Å². The Morgan fingerprint density at radius 2 is 1.09 bits per heavy atom. The second-order valence-corrected chi connectivity index (χ2v) is 2.08. The van der Waals surface area contributed by atoms with Gasteiger partial charge >= 0.3 is 26.2 Å². The van der Waals surface area contributed by atoms with Crippen LogP contribution in [-0.4, -0.2) is 0 Å². The molecular weight excluding hydrogens is 211 g/mol. The number of benzene rings is 1. The van der Waals surface area contributed by atoms with Gasteiger partial charge in [0.05, 0.1) is 0 Å². The Balaban J connectivity index is -0.000000213. The summed E-state index contributed by atoms with van der Waals surface area (Å²) in [5.41, 5.74) is 2.74. The fourth-order valence-corrected chi connectivity index (χ4v) is 0.663. The molecule has 0 aliphatic heterocycles. The first-order chi connectivity index (χ1) is 3.80. The zero-order chi connectivity index (χ0) is 5.98. The van der Waals surface area contributed by atoms with Gasteiger partial charge in [0.25, 0.3) is 0 Å². The van der Waals surface area contributed by atoms with Gasteiger partial charge in [-0.15, -0.1) is 0 Å². The Labute approximate surface area is 90.2 Å². The van der Waals surface area contributed by atoms with Crippen molar-refractivity contribution >= 4 is 0 Å². The zero-order valence-corrected chi connectivity index (χ0v) is 10.3. The van der Waals surface area contributed by atoms with E-state index in [1.807, 2.05) is 0 Å². The normalized spacial score (nSPS) is 6.73. The summed E-state index contributed by atoms with van der Waals surface area (Å²) in [7, 11) is 0. The van der Waals surface area contributed by atoms with Crippen LogP contribution in [0.15, 0.2) is 24.3 Å². The Kier molecular flexibility index (Phi) is 12.9. The number of aryl methyl sites for hydroxylation is 2. The molecule has 1 aromatic carbocycles. The number of hydrogen-bond acceptors (Lipinski definition) is 0. The standard InChI is InChI=1S/C8H10.2CH3.Zr/c1-7-5-3-4-6-8(7)2;;;/h3-6H,1-2H3;2*1H3;/q;2*-1;+2. The van der Waals surface area contributed by atoms with Crippen molar-refractivity contribution in [3.63, 3.8) is 0 Å². The third kappa shape index (κ3) is 5.38. The number of hydrogen-bond donors (Lipinski definition) is 0. The topological polar surface area (TPSA) is 0 Å². The molecule has 11 heavy (non-hydrogen) atoms. The Bertz CT molecular complexity index is 161. The van der Waals surface area contributed by atoms with Gasteiger partial charge in [-0.05, 0) is 25.0 Å². The Morgan fingerprint density at radius 3 is 1.27 bits per heavy atom. The van der Waals surface area contributed by atoms with Crippen LogP contribution < -0.4 is 0 Å². The molecule has 0 radical (unpaired) electrons. The van der Waals surface area contributed by atoms with Gasteiger partial charge in [-0.25, -0.2) is 0 Å². The minimum atomic E-state index is 0. The van der Waals surface area contributed by atoms with Gasteiger partial charge in [0.15, 0.2) is 0 Å². The summed E-state index contributed by atoms with van der Waals surface area (Å²) >= 11 is 0. The third-order valence-electron chi connectivity index (χ3n) is 1.43. The van der Waals surface area contributed by atoms with Crippen molar-refractivity contribution < 1.29 is 26.2 Å². The maximum absolute atomic E-state index is 2.12. The quantitative estimate of drug-likeness (QED) is 0.597. The molecule has 1 rings (SSSR count). The maximum atomic E-state index is 2.12. The second-order valence-electron chi connectivity index (χ2n) is 2.08. The van der Waals surface area contributed by atoms with Gasteiger partial charge in [-0.2, -0.15) is 0 Å². The van der Waals surface area contributed by atoms with Crippen molar-refractivity contribution in [2.45, 2.75) is 13.8 Å². The predicted octanol–water partition coefficient (Wildman–Crippen LogP) is 3.20. The molecule has 0 atom stereocenters. The van der Waals surface area contributed by atoms with E-state index in [1.54, 1.807) is 0 Å². The van der Waals surface area contributed by atoms with Crippen molar-refractivity contribution in [3.05, 3.63) is 50.2 Å². The van der Waals surface area contributed by atoms with Gasteiger partial charge < -0.3 is 14.9 Å². The van der Waals surface area contributed by atoms with Crippen LogP contribution in [-0.2, 0) is 26.2 Å². The summed E-state index contributed by atoms with van der Waals surface area (Å²) in [6.45, 7) is 4.24. The molecule has 0 aliphatic rings. The molecule has 1 aromatic rings. The fraction of sp³-hybridized carbons (Fsp3) is 0.200. The molecule has 0 bridgehead atoms. The van der Waals surface area contributed by atoms with E-state index in [0.29, 0.717) is 0 Å². The van der Waals surface area contributed by atoms with Crippen LogP contribution >= 0.6 is 0 Å². The molecule has 0 aliphatic carbocycles. The van der Waals surface area contributed by atoms with Crippen LogP contribution in [0.5, 0.6) is 0 Å². The predicted molar refractivity (Wildman–Crippen MR) is 48.7 cm³/mol. The summed E-state index contributed by atoms with van der Waals surface area (Å²) in [6.07, 6.45) is 0. The summed E-state index contributed by atoms with van der Waals surface area (Å²) in [5, 5.41) is 0. The first kappa shape index (κ1) is 17.3. The van der Waals surface area contributed by atoms with Crippen LogP contribution in [0, 0.1) is 28.7 Å². The van der Waals surface area contributed by atoms with E-state index < -0.39 is 0 Å². The summed E-state index contributed by atoms with van der Waals surface area (Å²) < 4.78 is 0. The van der Waals surface area contributed by atoms with Gasteiger partial charge in [0, 0.05) is 0 Å². The first-order valence-corrected chi connectivity index (χ1v) is 2.83. The monoisotopic (exact) mass is 226 g/mol. The molecule has 0 spiro atoms. The van der Waals surface area contributed by atoms with E-state index in [1.165, 1.54) is 11.1 Å². The van der Waals surface area contributed by atoms with Gasteiger partial charge in [0.1, 0.15) is 0 Å². The van der Waals surface area contributed by atoms with Gasteiger partial charge in [-0.3, -0.25) is 0 Å². The molecule has 0 aromatic heterocycles. The molecule has 0 heterocycles. The van der Waals surface area contributed by atoms with Crippen LogP contribution in [0.1, 0.15) is 11.1 Å². The third-order valence-corrected chi connectivity index (χ3v) is 1.43. The molecular formula is C10H16Zr. The summed E-state index contributed by atoms with van der Waals surface area (Å²) in [6, 6.07) is 8.36. The van der Waals surface area contributed by atoms with Gasteiger partial charge in [0.2, 0.25) is 0 Å². The van der Waals surface area contributed by atoms with Crippen molar-refractivity contribution in [1.29, 1.82) is 0 Å². The van der Waals surface area contributed by atoms with Crippen molar-refractivity contribution in [2.24, 2.45) is 0 Å². The first-order valence-electron chi connectivity index (χ1n) is 2.83. The van der Waals surface area contributed by atoms with E-state index in [-0.39, 0.29) is 41.1 Å². The molecule has 0 fully saturated rings. The Hall–Kier alpha value is 0.103. The van der Waals surface area contributed by atoms with Crippen LogP contribution in [0.4, 0.5) is 0 Å². The summed E-state index contributed by atoms with van der Waals surface area (Å²) in [4.78, 5) is 0. The maximum Gasteiger partial charge on any atom is 2.00 e. The summed E-state index contributed by atoms with van der Waals surface area (Å²) in [5.74, 6) is 0. The molecule has 0 saturated carbocycles. The minimum absolute atomic E-state index is 0. The van der Waals surface area contributed by atoms with E-state index >= 15 is 0 Å². The molecule has 1 heteroatoms. The van der Waals surface area contributed by atoms with E-state index in [2.05, 4.69) is 38.1 Å². The van der Waals surface area contributed by atoms with E-state index in [0.717, 1.165) is 0 Å². The van der Waals surface area contributed by atoms with Crippen molar-refractivity contribution in [2.75, 3.05) is 0 Å². The van der Waals surface area contributed by atoms with Crippen molar-refractivity contribution in [3.8, 4) is 0 Å².